The molecule has 0 spiro atoms. The van der Waals surface area contributed by atoms with E-state index in [-0.39, 0.29) is 12.2 Å². The van der Waals surface area contributed by atoms with Crippen LogP contribution in [0.4, 0.5) is 13.2 Å². The second-order valence-electron chi connectivity index (χ2n) is 5.68. The van der Waals surface area contributed by atoms with Gasteiger partial charge in [-0.3, -0.25) is 0 Å². The van der Waals surface area contributed by atoms with E-state index in [4.69, 9.17) is 0 Å². The number of rotatable bonds is 5. The Bertz CT molecular complexity index is 874. The van der Waals surface area contributed by atoms with E-state index in [1.165, 1.54) is 6.08 Å². The molecule has 0 amide bonds. The van der Waals surface area contributed by atoms with Crippen molar-refractivity contribution in [1.82, 2.24) is 15.0 Å². The van der Waals surface area contributed by atoms with Gasteiger partial charge in [-0.25, -0.2) is 4.68 Å². The van der Waals surface area contributed by atoms with Crippen LogP contribution in [-0.2, 0) is 12.7 Å². The average molecular weight is 359 g/mol. The number of aliphatic hydroxyl groups is 1. The Hall–Kier alpha value is -2.93. The van der Waals surface area contributed by atoms with E-state index in [0.717, 1.165) is 15.8 Å². The molecule has 0 saturated carbocycles. The highest BCUT2D eigenvalue weighted by Crippen LogP contribution is 2.33. The molecule has 3 rings (SSSR count). The minimum atomic E-state index is -4.70. The highest BCUT2D eigenvalue weighted by molar-refractivity contribution is 5.50. The molecule has 0 saturated heterocycles. The summed E-state index contributed by atoms with van der Waals surface area (Å²) in [6.07, 6.45) is -3.34. The number of alkyl halides is 3. The van der Waals surface area contributed by atoms with Gasteiger partial charge in [0, 0.05) is 0 Å². The molecule has 1 aromatic heterocycles. The van der Waals surface area contributed by atoms with E-state index < -0.39 is 18.0 Å². The standard InChI is InChI=1S/C19H16F3N3O/c20-19(21,22)18-17(16(26)12-11-14-7-3-1-4-8-14)25(24-23-18)13-15-9-5-2-6-10-15/h1-12,16,26H,13H2/b12-11+. The SMILES string of the molecule is OC(/C=C/c1ccccc1)c1c(C(F)(F)F)nnn1Cc1ccccc1. The van der Waals surface area contributed by atoms with Gasteiger partial charge in [-0.05, 0) is 17.2 Å². The zero-order chi connectivity index (χ0) is 18.6. The van der Waals surface area contributed by atoms with Gasteiger partial charge in [0.1, 0.15) is 11.8 Å². The van der Waals surface area contributed by atoms with Gasteiger partial charge in [-0.15, -0.1) is 5.10 Å². The molecule has 2 aromatic carbocycles. The third-order valence-electron chi connectivity index (χ3n) is 3.77. The first-order chi connectivity index (χ1) is 12.4. The van der Waals surface area contributed by atoms with Gasteiger partial charge >= 0.3 is 6.18 Å². The molecule has 26 heavy (non-hydrogen) atoms. The van der Waals surface area contributed by atoms with Crippen LogP contribution in [0.1, 0.15) is 28.6 Å². The van der Waals surface area contributed by atoms with Gasteiger partial charge in [-0.2, -0.15) is 13.2 Å². The first-order valence-corrected chi connectivity index (χ1v) is 7.91. The van der Waals surface area contributed by atoms with Crippen molar-refractivity contribution in [1.29, 1.82) is 0 Å². The van der Waals surface area contributed by atoms with Crippen molar-refractivity contribution in [2.75, 3.05) is 0 Å². The summed E-state index contributed by atoms with van der Waals surface area (Å²) in [5, 5.41) is 17.2. The third kappa shape index (κ3) is 4.18. The van der Waals surface area contributed by atoms with Crippen LogP contribution in [0.2, 0.25) is 0 Å². The molecule has 0 bridgehead atoms. The molecule has 0 aliphatic rings. The fourth-order valence-corrected chi connectivity index (χ4v) is 2.55. The summed E-state index contributed by atoms with van der Waals surface area (Å²) in [6, 6.07) is 17.9. The van der Waals surface area contributed by atoms with Crippen LogP contribution < -0.4 is 0 Å². The van der Waals surface area contributed by atoms with E-state index in [1.807, 2.05) is 12.1 Å². The number of benzene rings is 2. The summed E-state index contributed by atoms with van der Waals surface area (Å²) in [5.74, 6) is 0. The van der Waals surface area contributed by atoms with Crippen molar-refractivity contribution in [3.63, 3.8) is 0 Å². The first-order valence-electron chi connectivity index (χ1n) is 7.91. The molecule has 0 aliphatic heterocycles. The monoisotopic (exact) mass is 359 g/mol. The van der Waals surface area contributed by atoms with Crippen LogP contribution in [0, 0.1) is 0 Å². The molecular weight excluding hydrogens is 343 g/mol. The molecule has 0 aliphatic carbocycles. The van der Waals surface area contributed by atoms with Gasteiger partial charge in [0.05, 0.1) is 6.54 Å². The van der Waals surface area contributed by atoms with Crippen molar-refractivity contribution >= 4 is 6.08 Å². The minimum absolute atomic E-state index is 0.0789. The summed E-state index contributed by atoms with van der Waals surface area (Å²) < 4.78 is 40.9. The fraction of sp³-hybridized carbons (Fsp3) is 0.158. The fourth-order valence-electron chi connectivity index (χ4n) is 2.55. The summed E-state index contributed by atoms with van der Waals surface area (Å²) in [5.41, 5.74) is -0.0408. The maximum atomic E-state index is 13.3. The van der Waals surface area contributed by atoms with E-state index in [2.05, 4.69) is 10.3 Å². The van der Waals surface area contributed by atoms with Crippen molar-refractivity contribution in [2.24, 2.45) is 0 Å². The Morgan fingerprint density at radius 3 is 2.23 bits per heavy atom. The molecular formula is C19H16F3N3O. The van der Waals surface area contributed by atoms with E-state index >= 15 is 0 Å². The predicted molar refractivity (Wildman–Crippen MR) is 91.0 cm³/mol. The predicted octanol–water partition coefficient (Wildman–Crippen LogP) is 4.09. The zero-order valence-electron chi connectivity index (χ0n) is 13.6. The number of aromatic nitrogens is 3. The van der Waals surface area contributed by atoms with Crippen LogP contribution in [-0.4, -0.2) is 20.1 Å². The van der Waals surface area contributed by atoms with Crippen molar-refractivity contribution in [2.45, 2.75) is 18.8 Å². The normalized spacial score (nSPS) is 13.2. The molecule has 1 atom stereocenters. The molecule has 1 N–H and O–H groups in total. The number of halogens is 3. The summed E-state index contributed by atoms with van der Waals surface area (Å²) in [6.45, 7) is 0.0789. The number of aliphatic hydroxyl groups excluding tert-OH is 1. The molecule has 0 fully saturated rings. The second kappa shape index (κ2) is 7.53. The van der Waals surface area contributed by atoms with Crippen LogP contribution >= 0.6 is 0 Å². The Labute approximate surface area is 148 Å². The molecule has 1 unspecified atom stereocenters. The minimum Gasteiger partial charge on any atom is -0.383 e. The van der Waals surface area contributed by atoms with Crippen molar-refractivity contribution in [3.05, 3.63) is 89.3 Å². The van der Waals surface area contributed by atoms with Crippen LogP contribution in [0.3, 0.4) is 0 Å². The molecule has 7 heteroatoms. The Morgan fingerprint density at radius 2 is 1.62 bits per heavy atom. The van der Waals surface area contributed by atoms with E-state index in [0.29, 0.717) is 0 Å². The van der Waals surface area contributed by atoms with Crippen molar-refractivity contribution < 1.29 is 18.3 Å². The topological polar surface area (TPSA) is 50.9 Å². The summed E-state index contributed by atoms with van der Waals surface area (Å²) in [7, 11) is 0. The lowest BCUT2D eigenvalue weighted by molar-refractivity contribution is -0.142. The maximum absolute atomic E-state index is 13.3. The van der Waals surface area contributed by atoms with Gasteiger partial charge in [-0.1, -0.05) is 72.0 Å². The lowest BCUT2D eigenvalue weighted by Gasteiger charge is -2.13. The first kappa shape index (κ1) is 17.9. The molecule has 0 radical (unpaired) electrons. The average Bonchev–Trinajstić information content (AvgIpc) is 3.05. The van der Waals surface area contributed by atoms with Crippen LogP contribution in [0.15, 0.2) is 66.7 Å². The largest absolute Gasteiger partial charge is 0.437 e. The quantitative estimate of drug-likeness (QED) is 0.746. The summed E-state index contributed by atoms with van der Waals surface area (Å²) >= 11 is 0. The van der Waals surface area contributed by atoms with Gasteiger partial charge < -0.3 is 5.11 Å². The Kier molecular flexibility index (Phi) is 5.18. The van der Waals surface area contributed by atoms with E-state index in [1.54, 1.807) is 54.6 Å². The Balaban J connectivity index is 1.94. The lowest BCUT2D eigenvalue weighted by Crippen LogP contribution is -2.15. The molecule has 134 valence electrons. The van der Waals surface area contributed by atoms with Gasteiger partial charge in [0.25, 0.3) is 0 Å². The highest BCUT2D eigenvalue weighted by Gasteiger charge is 2.40. The molecule has 3 aromatic rings. The van der Waals surface area contributed by atoms with E-state index in [9.17, 15) is 18.3 Å². The summed E-state index contributed by atoms with van der Waals surface area (Å²) in [4.78, 5) is 0. The van der Waals surface area contributed by atoms with Crippen molar-refractivity contribution in [3.8, 4) is 0 Å². The Morgan fingerprint density at radius 1 is 1.00 bits per heavy atom. The third-order valence-corrected chi connectivity index (χ3v) is 3.77. The zero-order valence-corrected chi connectivity index (χ0v) is 13.6. The van der Waals surface area contributed by atoms with Gasteiger partial charge in [0.15, 0.2) is 5.69 Å². The lowest BCUT2D eigenvalue weighted by atomic mass is 10.1. The van der Waals surface area contributed by atoms with Crippen LogP contribution in [0.5, 0.6) is 0 Å². The maximum Gasteiger partial charge on any atom is 0.437 e. The number of hydrogen-bond acceptors (Lipinski definition) is 3. The molecule has 1 heterocycles. The molecule has 4 nitrogen and oxygen atoms in total. The number of hydrogen-bond donors (Lipinski definition) is 1. The highest BCUT2D eigenvalue weighted by atomic mass is 19.4. The smallest absolute Gasteiger partial charge is 0.383 e. The van der Waals surface area contributed by atoms with Gasteiger partial charge in [0.2, 0.25) is 0 Å². The second-order valence-corrected chi connectivity index (χ2v) is 5.68. The number of nitrogens with zero attached hydrogens (tertiary/aromatic N) is 3. The van der Waals surface area contributed by atoms with Crippen LogP contribution in [0.25, 0.3) is 6.08 Å².